The second-order valence-electron chi connectivity index (χ2n) is 4.35. The van der Waals surface area contributed by atoms with E-state index >= 15 is 0 Å². The third-order valence-electron chi connectivity index (χ3n) is 3.08. The Hall–Kier alpha value is -0.600. The molecule has 1 aromatic heterocycles. The molecular weight excluding hydrogens is 190 g/mol. The first-order valence-corrected chi connectivity index (χ1v) is 6.03. The summed E-state index contributed by atoms with van der Waals surface area (Å²) in [5, 5.41) is 2.14. The van der Waals surface area contributed by atoms with E-state index in [-0.39, 0.29) is 6.04 Å². The maximum absolute atomic E-state index is 6.23. The Bertz CT molecular complexity index is 362. The lowest BCUT2D eigenvalue weighted by Crippen LogP contribution is -2.25. The van der Waals surface area contributed by atoms with Gasteiger partial charge in [-0.2, -0.15) is 0 Å². The fourth-order valence-corrected chi connectivity index (χ4v) is 3.14. The van der Waals surface area contributed by atoms with Crippen LogP contribution in [0.5, 0.6) is 0 Å². The van der Waals surface area contributed by atoms with E-state index in [0.29, 0.717) is 11.8 Å². The Kier molecular flexibility index (Phi) is 2.50. The molecule has 2 atom stereocenters. The molecule has 1 aliphatic rings. The third kappa shape index (κ3) is 1.43. The summed E-state index contributed by atoms with van der Waals surface area (Å²) < 4.78 is 0. The Balaban J connectivity index is 2.47. The number of rotatable bonds is 1. The first kappa shape index (κ1) is 9.94. The van der Waals surface area contributed by atoms with Gasteiger partial charge in [0.05, 0.1) is 0 Å². The normalized spacial score (nSPS) is 26.2. The van der Waals surface area contributed by atoms with Gasteiger partial charge in [-0.05, 0) is 28.8 Å². The van der Waals surface area contributed by atoms with E-state index in [9.17, 15) is 0 Å². The third-order valence-corrected chi connectivity index (χ3v) is 4.12. The van der Waals surface area contributed by atoms with Crippen molar-refractivity contribution in [3.05, 3.63) is 27.5 Å². The molecule has 0 bridgehead atoms. The van der Waals surface area contributed by atoms with Gasteiger partial charge >= 0.3 is 0 Å². The minimum Gasteiger partial charge on any atom is -0.323 e. The number of hydrogen-bond acceptors (Lipinski definition) is 2. The number of nitrogens with two attached hydrogens (primary N) is 1. The van der Waals surface area contributed by atoms with Crippen molar-refractivity contribution in [2.45, 2.75) is 26.8 Å². The zero-order valence-corrected chi connectivity index (χ0v) is 9.77. The summed E-state index contributed by atoms with van der Waals surface area (Å²) in [5.74, 6) is 1.09. The fourth-order valence-electron chi connectivity index (χ4n) is 2.16. The molecule has 76 valence electrons. The molecule has 2 unspecified atom stereocenters. The highest BCUT2D eigenvalue weighted by Crippen LogP contribution is 2.40. The topological polar surface area (TPSA) is 26.0 Å². The van der Waals surface area contributed by atoms with E-state index in [1.807, 2.05) is 0 Å². The summed E-state index contributed by atoms with van der Waals surface area (Å²) in [7, 11) is 0. The molecule has 1 aromatic rings. The number of thiophene rings is 1. The summed E-state index contributed by atoms with van der Waals surface area (Å²) in [5.41, 5.74) is 9.06. The van der Waals surface area contributed by atoms with Crippen molar-refractivity contribution < 1.29 is 0 Å². The summed E-state index contributed by atoms with van der Waals surface area (Å²) in [6.07, 6.45) is 2.32. The highest BCUT2D eigenvalue weighted by Gasteiger charge is 2.27. The van der Waals surface area contributed by atoms with Gasteiger partial charge in [-0.3, -0.25) is 0 Å². The molecule has 2 rings (SSSR count). The monoisotopic (exact) mass is 207 g/mol. The molecule has 0 amide bonds. The average Bonchev–Trinajstić information content (AvgIpc) is 2.58. The van der Waals surface area contributed by atoms with Crippen molar-refractivity contribution in [2.75, 3.05) is 0 Å². The van der Waals surface area contributed by atoms with Crippen molar-refractivity contribution in [3.63, 3.8) is 0 Å². The lowest BCUT2D eigenvalue weighted by Gasteiger charge is -2.29. The molecular formula is C12H17NS. The van der Waals surface area contributed by atoms with E-state index in [1.54, 1.807) is 11.3 Å². The van der Waals surface area contributed by atoms with Crippen LogP contribution in [0.1, 0.15) is 37.3 Å². The minimum atomic E-state index is 0.201. The molecule has 0 aliphatic heterocycles. The van der Waals surface area contributed by atoms with Gasteiger partial charge in [0.15, 0.2) is 0 Å². The van der Waals surface area contributed by atoms with Gasteiger partial charge in [-0.1, -0.05) is 32.4 Å². The van der Waals surface area contributed by atoms with Gasteiger partial charge < -0.3 is 5.73 Å². The lowest BCUT2D eigenvalue weighted by molar-refractivity contribution is 0.493. The first-order chi connectivity index (χ1) is 6.61. The minimum absolute atomic E-state index is 0.201. The van der Waals surface area contributed by atoms with Crippen molar-refractivity contribution in [3.8, 4) is 0 Å². The van der Waals surface area contributed by atoms with Gasteiger partial charge in [0.1, 0.15) is 0 Å². The molecule has 2 N–H and O–H groups in total. The van der Waals surface area contributed by atoms with E-state index in [2.05, 4.69) is 38.3 Å². The molecule has 0 saturated carbocycles. The second kappa shape index (κ2) is 3.52. The van der Waals surface area contributed by atoms with Crippen LogP contribution in [0, 0.1) is 11.8 Å². The van der Waals surface area contributed by atoms with Crippen LogP contribution in [0.2, 0.25) is 0 Å². The molecule has 1 aliphatic carbocycles. The van der Waals surface area contributed by atoms with Gasteiger partial charge in [0.2, 0.25) is 0 Å². The van der Waals surface area contributed by atoms with Gasteiger partial charge in [0, 0.05) is 10.9 Å². The van der Waals surface area contributed by atoms with Crippen LogP contribution in [-0.2, 0) is 0 Å². The van der Waals surface area contributed by atoms with Crippen molar-refractivity contribution in [1.82, 2.24) is 0 Å². The molecule has 1 heterocycles. The van der Waals surface area contributed by atoms with Crippen molar-refractivity contribution >= 4 is 17.4 Å². The van der Waals surface area contributed by atoms with E-state index in [0.717, 1.165) is 0 Å². The van der Waals surface area contributed by atoms with Gasteiger partial charge in [-0.25, -0.2) is 0 Å². The quantitative estimate of drug-likeness (QED) is 0.750. The van der Waals surface area contributed by atoms with Gasteiger partial charge in [0.25, 0.3) is 0 Å². The van der Waals surface area contributed by atoms with Crippen molar-refractivity contribution in [1.29, 1.82) is 0 Å². The smallest absolute Gasteiger partial charge is 0.0459 e. The van der Waals surface area contributed by atoms with Gasteiger partial charge in [-0.15, -0.1) is 11.3 Å². The van der Waals surface area contributed by atoms with Crippen LogP contribution in [0.15, 0.2) is 17.0 Å². The number of hydrogen-bond donors (Lipinski definition) is 1. The fraction of sp³-hybridized carbons (Fsp3) is 0.500. The van der Waals surface area contributed by atoms with E-state index < -0.39 is 0 Å². The Morgan fingerprint density at radius 1 is 1.43 bits per heavy atom. The van der Waals surface area contributed by atoms with Crippen molar-refractivity contribution in [2.24, 2.45) is 17.6 Å². The van der Waals surface area contributed by atoms with Crippen LogP contribution in [-0.4, -0.2) is 0 Å². The van der Waals surface area contributed by atoms with E-state index in [4.69, 9.17) is 5.73 Å². The maximum atomic E-state index is 6.23. The Labute approximate surface area is 89.6 Å². The molecule has 1 nitrogen and oxygen atoms in total. The standard InChI is InChI=1S/C12H17NS/c1-7(2)10-6-9-4-5-14-12(9)11(13)8(10)3/h4-8,11H,13H2,1-3H3. The van der Waals surface area contributed by atoms with Crippen LogP contribution in [0.4, 0.5) is 0 Å². The van der Waals surface area contributed by atoms with Crippen LogP contribution in [0.3, 0.4) is 0 Å². The summed E-state index contributed by atoms with van der Waals surface area (Å²) >= 11 is 1.78. The Morgan fingerprint density at radius 3 is 2.79 bits per heavy atom. The highest BCUT2D eigenvalue weighted by molar-refractivity contribution is 7.10. The molecule has 0 fully saturated rings. The van der Waals surface area contributed by atoms with Crippen LogP contribution >= 0.6 is 11.3 Å². The predicted molar refractivity (Wildman–Crippen MR) is 63.2 cm³/mol. The molecule has 0 radical (unpaired) electrons. The molecule has 0 aromatic carbocycles. The second-order valence-corrected chi connectivity index (χ2v) is 5.30. The lowest BCUT2D eigenvalue weighted by atomic mass is 9.80. The zero-order chi connectivity index (χ0) is 10.3. The molecule has 14 heavy (non-hydrogen) atoms. The van der Waals surface area contributed by atoms with E-state index in [1.165, 1.54) is 16.0 Å². The largest absolute Gasteiger partial charge is 0.323 e. The first-order valence-electron chi connectivity index (χ1n) is 5.15. The summed E-state index contributed by atoms with van der Waals surface area (Å²) in [6, 6.07) is 2.38. The number of fused-ring (bicyclic) bond motifs is 1. The predicted octanol–water partition coefficient (Wildman–Crippen LogP) is 3.44. The molecule has 0 spiro atoms. The Morgan fingerprint density at radius 2 is 2.14 bits per heavy atom. The maximum Gasteiger partial charge on any atom is 0.0459 e. The van der Waals surface area contributed by atoms with Crippen LogP contribution in [0.25, 0.3) is 6.08 Å². The molecule has 2 heteroatoms. The summed E-state index contributed by atoms with van der Waals surface area (Å²) in [6.45, 7) is 6.72. The average molecular weight is 207 g/mol. The summed E-state index contributed by atoms with van der Waals surface area (Å²) in [4.78, 5) is 1.35. The molecule has 0 saturated heterocycles. The zero-order valence-electron chi connectivity index (χ0n) is 8.95. The highest BCUT2D eigenvalue weighted by atomic mass is 32.1. The van der Waals surface area contributed by atoms with Crippen LogP contribution < -0.4 is 5.73 Å². The SMILES string of the molecule is CC(C)C1=Cc2ccsc2C(N)C1C.